The van der Waals surface area contributed by atoms with Crippen molar-refractivity contribution >= 4 is 32.7 Å². The maximum atomic E-state index is 12.5. The van der Waals surface area contributed by atoms with Crippen LogP contribution in [-0.2, 0) is 26.1 Å². The lowest BCUT2D eigenvalue weighted by molar-refractivity contribution is -0.121. The molecular formula is C21H22N2O6S. The number of furan rings is 1. The summed E-state index contributed by atoms with van der Waals surface area (Å²) in [7, 11) is -2.46. The first kappa shape index (κ1) is 21.5. The van der Waals surface area contributed by atoms with Crippen molar-refractivity contribution in [3.05, 3.63) is 65.6 Å². The Morgan fingerprint density at radius 2 is 1.80 bits per heavy atom. The highest BCUT2D eigenvalue weighted by molar-refractivity contribution is 7.89. The van der Waals surface area contributed by atoms with Crippen LogP contribution in [0.15, 0.2) is 57.8 Å². The lowest BCUT2D eigenvalue weighted by Crippen LogP contribution is -2.30. The molecule has 0 aliphatic carbocycles. The molecule has 0 saturated heterocycles. The van der Waals surface area contributed by atoms with E-state index in [0.29, 0.717) is 17.1 Å². The van der Waals surface area contributed by atoms with Crippen molar-refractivity contribution in [1.29, 1.82) is 0 Å². The average Bonchev–Trinajstić information content (AvgIpc) is 3.11. The van der Waals surface area contributed by atoms with E-state index in [2.05, 4.69) is 14.8 Å². The Labute approximate surface area is 174 Å². The van der Waals surface area contributed by atoms with E-state index >= 15 is 0 Å². The van der Waals surface area contributed by atoms with Crippen LogP contribution in [0.1, 0.15) is 28.3 Å². The Balaban J connectivity index is 1.51. The summed E-state index contributed by atoms with van der Waals surface area (Å²) < 4.78 is 37.4. The fourth-order valence-corrected chi connectivity index (χ4v) is 4.00. The van der Waals surface area contributed by atoms with Crippen molar-refractivity contribution in [2.24, 2.45) is 0 Å². The van der Waals surface area contributed by atoms with Crippen LogP contribution in [0.4, 0.5) is 0 Å². The van der Waals surface area contributed by atoms with Gasteiger partial charge in [-0.2, -0.15) is 0 Å². The second kappa shape index (κ2) is 9.10. The van der Waals surface area contributed by atoms with Crippen LogP contribution in [-0.4, -0.2) is 33.9 Å². The number of hydrogen-bond donors (Lipinski definition) is 2. The lowest BCUT2D eigenvalue weighted by atomic mass is 10.1. The Bertz CT molecular complexity index is 1180. The summed E-state index contributed by atoms with van der Waals surface area (Å²) in [4.78, 5) is 23.7. The third kappa shape index (κ3) is 5.05. The van der Waals surface area contributed by atoms with Crippen LogP contribution in [0.25, 0.3) is 10.8 Å². The molecule has 8 nitrogen and oxygen atoms in total. The van der Waals surface area contributed by atoms with Gasteiger partial charge in [0.05, 0.1) is 18.6 Å². The predicted octanol–water partition coefficient (Wildman–Crippen LogP) is 2.51. The van der Waals surface area contributed by atoms with Gasteiger partial charge in [-0.25, -0.2) is 17.9 Å². The Morgan fingerprint density at radius 3 is 2.53 bits per heavy atom. The number of methoxy groups -OCH3 is 1. The van der Waals surface area contributed by atoms with Crippen LogP contribution >= 0.6 is 0 Å². The number of benzene rings is 2. The van der Waals surface area contributed by atoms with Crippen LogP contribution in [0.3, 0.4) is 0 Å². The van der Waals surface area contributed by atoms with Crippen LogP contribution in [0, 0.1) is 6.92 Å². The first-order valence-electron chi connectivity index (χ1n) is 9.23. The quantitative estimate of drug-likeness (QED) is 0.531. The van der Waals surface area contributed by atoms with Gasteiger partial charge in [0.25, 0.3) is 0 Å². The minimum Gasteiger partial charge on any atom is -0.465 e. The number of rotatable bonds is 8. The minimum atomic E-state index is -3.73. The Kier molecular flexibility index (Phi) is 6.53. The molecule has 0 fully saturated rings. The third-order valence-corrected chi connectivity index (χ3v) is 5.97. The molecule has 1 aromatic heterocycles. The zero-order chi connectivity index (χ0) is 21.7. The number of carbonyl (C=O) groups is 2. The monoisotopic (exact) mass is 430 g/mol. The molecule has 1 amide bonds. The molecule has 0 bridgehead atoms. The highest BCUT2D eigenvalue weighted by atomic mass is 32.2. The number of amides is 1. The normalized spacial score (nSPS) is 11.4. The molecule has 0 aliphatic rings. The van der Waals surface area contributed by atoms with Gasteiger partial charge >= 0.3 is 5.97 Å². The Morgan fingerprint density at radius 1 is 1.07 bits per heavy atom. The molecule has 3 aromatic rings. The maximum absolute atomic E-state index is 12.5. The molecule has 0 atom stereocenters. The molecule has 9 heteroatoms. The predicted molar refractivity (Wildman–Crippen MR) is 110 cm³/mol. The van der Waals surface area contributed by atoms with Gasteiger partial charge in [-0.1, -0.05) is 30.3 Å². The second-order valence-electron chi connectivity index (χ2n) is 6.61. The summed E-state index contributed by atoms with van der Waals surface area (Å²) in [5.41, 5.74) is 0.296. The Hall–Kier alpha value is -3.17. The van der Waals surface area contributed by atoms with E-state index in [4.69, 9.17) is 4.42 Å². The van der Waals surface area contributed by atoms with Crippen LogP contribution in [0.2, 0.25) is 0 Å². The van der Waals surface area contributed by atoms with Gasteiger partial charge in [-0.15, -0.1) is 0 Å². The largest absolute Gasteiger partial charge is 0.465 e. The molecule has 158 valence electrons. The molecule has 0 unspecified atom stereocenters. The van der Waals surface area contributed by atoms with Crippen molar-refractivity contribution in [2.45, 2.75) is 24.8 Å². The summed E-state index contributed by atoms with van der Waals surface area (Å²) in [6.07, 6.45) is -0.0453. The van der Waals surface area contributed by atoms with E-state index in [0.717, 1.165) is 10.8 Å². The van der Waals surface area contributed by atoms with Crippen molar-refractivity contribution in [3.63, 3.8) is 0 Å². The molecule has 0 aliphatic heterocycles. The van der Waals surface area contributed by atoms with Crippen molar-refractivity contribution in [1.82, 2.24) is 10.0 Å². The fraction of sp³-hybridized carbons (Fsp3) is 0.238. The van der Waals surface area contributed by atoms with E-state index in [1.165, 1.54) is 19.2 Å². The van der Waals surface area contributed by atoms with Crippen LogP contribution < -0.4 is 10.0 Å². The minimum absolute atomic E-state index is 0.0453. The third-order valence-electron chi connectivity index (χ3n) is 4.51. The van der Waals surface area contributed by atoms with Gasteiger partial charge in [-0.3, -0.25) is 4.79 Å². The molecule has 0 spiro atoms. The summed E-state index contributed by atoms with van der Waals surface area (Å²) in [5, 5.41) is 4.39. The van der Waals surface area contributed by atoms with Gasteiger partial charge in [0.1, 0.15) is 17.1 Å². The van der Waals surface area contributed by atoms with E-state index in [1.54, 1.807) is 19.1 Å². The molecule has 2 N–H and O–H groups in total. The van der Waals surface area contributed by atoms with Crippen LogP contribution in [0.5, 0.6) is 0 Å². The van der Waals surface area contributed by atoms with Gasteiger partial charge in [0.15, 0.2) is 0 Å². The summed E-state index contributed by atoms with van der Waals surface area (Å²) in [5.74, 6) is -0.0750. The molecular weight excluding hydrogens is 408 g/mol. The SMILES string of the molecule is COC(=O)c1cc(CNC(=O)CCNS(=O)(=O)c2ccc3ccccc3c2)oc1C. The van der Waals surface area contributed by atoms with E-state index in [1.807, 2.05) is 24.3 Å². The highest BCUT2D eigenvalue weighted by Gasteiger charge is 2.17. The van der Waals surface area contributed by atoms with E-state index in [-0.39, 0.29) is 30.3 Å². The van der Waals surface area contributed by atoms with Gasteiger partial charge in [0.2, 0.25) is 15.9 Å². The van der Waals surface area contributed by atoms with Crippen molar-refractivity contribution < 1.29 is 27.2 Å². The van der Waals surface area contributed by atoms with Gasteiger partial charge in [-0.05, 0) is 35.9 Å². The summed E-state index contributed by atoms with van der Waals surface area (Å²) in [6.45, 7) is 1.65. The number of hydrogen-bond acceptors (Lipinski definition) is 6. The molecule has 2 aromatic carbocycles. The molecule has 0 radical (unpaired) electrons. The van der Waals surface area contributed by atoms with E-state index in [9.17, 15) is 18.0 Å². The number of nitrogens with one attached hydrogen (secondary N) is 2. The van der Waals surface area contributed by atoms with Gasteiger partial charge in [0, 0.05) is 13.0 Å². The average molecular weight is 430 g/mol. The molecule has 0 saturated carbocycles. The molecule has 30 heavy (non-hydrogen) atoms. The number of fused-ring (bicyclic) bond motifs is 1. The lowest BCUT2D eigenvalue weighted by Gasteiger charge is -2.08. The molecule has 3 rings (SSSR count). The number of aryl methyl sites for hydroxylation is 1. The first-order chi connectivity index (χ1) is 14.3. The highest BCUT2D eigenvalue weighted by Crippen LogP contribution is 2.19. The first-order valence-corrected chi connectivity index (χ1v) is 10.7. The fourth-order valence-electron chi connectivity index (χ4n) is 2.93. The number of esters is 1. The van der Waals surface area contributed by atoms with Crippen molar-refractivity contribution in [3.8, 4) is 0 Å². The standard InChI is InChI=1S/C21H22N2O6S/c1-14-19(21(25)28-2)12-17(29-14)13-22-20(24)9-10-23-30(26,27)18-8-7-15-5-3-4-6-16(15)11-18/h3-8,11-12,23H,9-10,13H2,1-2H3,(H,22,24). The van der Waals surface area contributed by atoms with E-state index < -0.39 is 16.0 Å². The van der Waals surface area contributed by atoms with Gasteiger partial charge < -0.3 is 14.5 Å². The number of carbonyl (C=O) groups excluding carboxylic acids is 2. The topological polar surface area (TPSA) is 115 Å². The smallest absolute Gasteiger partial charge is 0.341 e. The summed E-state index contributed by atoms with van der Waals surface area (Å²) >= 11 is 0. The summed E-state index contributed by atoms with van der Waals surface area (Å²) in [6, 6.07) is 13.8. The van der Waals surface area contributed by atoms with Crippen molar-refractivity contribution in [2.75, 3.05) is 13.7 Å². The zero-order valence-electron chi connectivity index (χ0n) is 16.6. The molecule has 1 heterocycles. The maximum Gasteiger partial charge on any atom is 0.341 e. The zero-order valence-corrected chi connectivity index (χ0v) is 17.4. The second-order valence-corrected chi connectivity index (χ2v) is 8.37. The number of ether oxygens (including phenoxy) is 1. The number of sulfonamides is 1.